The van der Waals surface area contributed by atoms with E-state index in [1.807, 2.05) is 69.3 Å². The molecule has 1 heterocycles. The monoisotopic (exact) mass is 396 g/mol. The Labute approximate surface area is 169 Å². The van der Waals surface area contributed by atoms with Crippen LogP contribution < -0.4 is 9.64 Å². The van der Waals surface area contributed by atoms with Crippen molar-refractivity contribution in [3.8, 4) is 5.75 Å². The van der Waals surface area contributed by atoms with Crippen LogP contribution in [0.3, 0.4) is 0 Å². The van der Waals surface area contributed by atoms with Gasteiger partial charge < -0.3 is 9.84 Å². The van der Waals surface area contributed by atoms with Crippen LogP contribution in [-0.4, -0.2) is 35.9 Å². The van der Waals surface area contributed by atoms with Crippen LogP contribution in [0, 0.1) is 13.8 Å². The number of carbonyl (C=O) groups excluding carboxylic acids is 1. The minimum atomic E-state index is -0.0634. The highest BCUT2D eigenvalue weighted by atomic mass is 32.2. The summed E-state index contributed by atoms with van der Waals surface area (Å²) in [6, 6.07) is 13.4. The predicted octanol–water partition coefficient (Wildman–Crippen LogP) is 4.17. The number of rotatable bonds is 6. The molecule has 0 atom stereocenters. The second-order valence-electron chi connectivity index (χ2n) is 6.37. The standard InChI is InChI=1S/C22H24N2O3S/c1-4-23-22-24(19-7-5-6-15(2)16(19)3)21(26)20(28-22)14-17-8-10-18(11-9-17)27-13-12-25/h5-11,14,25H,4,12-13H2,1-3H3/b20-14-,23-22?. The van der Waals surface area contributed by atoms with E-state index in [1.165, 1.54) is 11.8 Å². The molecule has 1 amide bonds. The maximum Gasteiger partial charge on any atom is 0.271 e. The van der Waals surface area contributed by atoms with E-state index < -0.39 is 0 Å². The molecule has 0 aliphatic carbocycles. The van der Waals surface area contributed by atoms with Gasteiger partial charge in [-0.05, 0) is 73.5 Å². The number of aliphatic imine (C=N–C) groups is 1. The molecule has 0 unspecified atom stereocenters. The number of aliphatic hydroxyl groups excluding tert-OH is 1. The number of ether oxygens (including phenoxy) is 1. The Bertz CT molecular complexity index is 920. The Kier molecular flexibility index (Phi) is 6.54. The van der Waals surface area contributed by atoms with Gasteiger partial charge in [-0.2, -0.15) is 0 Å². The first kappa shape index (κ1) is 20.2. The van der Waals surface area contributed by atoms with Crippen molar-refractivity contribution in [1.82, 2.24) is 0 Å². The van der Waals surface area contributed by atoms with Gasteiger partial charge in [0, 0.05) is 6.54 Å². The van der Waals surface area contributed by atoms with Gasteiger partial charge in [0.25, 0.3) is 5.91 Å². The Balaban J connectivity index is 1.91. The van der Waals surface area contributed by atoms with E-state index in [9.17, 15) is 4.79 Å². The number of aryl methyl sites for hydroxylation is 1. The molecule has 0 spiro atoms. The summed E-state index contributed by atoms with van der Waals surface area (Å²) in [6.45, 7) is 6.88. The lowest BCUT2D eigenvalue weighted by Gasteiger charge is -2.19. The molecule has 0 aromatic heterocycles. The summed E-state index contributed by atoms with van der Waals surface area (Å²) in [4.78, 5) is 20.1. The molecule has 0 radical (unpaired) electrons. The second kappa shape index (κ2) is 9.08. The fourth-order valence-electron chi connectivity index (χ4n) is 2.88. The van der Waals surface area contributed by atoms with Crippen LogP contribution in [0.2, 0.25) is 0 Å². The zero-order chi connectivity index (χ0) is 20.1. The van der Waals surface area contributed by atoms with E-state index in [-0.39, 0.29) is 19.1 Å². The summed E-state index contributed by atoms with van der Waals surface area (Å²) in [7, 11) is 0. The fraction of sp³-hybridized carbons (Fsp3) is 0.273. The highest BCUT2D eigenvalue weighted by Gasteiger charge is 2.35. The SMILES string of the molecule is CCN=C1S/C(=C\c2ccc(OCCO)cc2)C(=O)N1c1cccc(C)c1C. The van der Waals surface area contributed by atoms with Crippen LogP contribution in [0.25, 0.3) is 6.08 Å². The van der Waals surface area contributed by atoms with Gasteiger partial charge >= 0.3 is 0 Å². The molecule has 1 N–H and O–H groups in total. The molecule has 1 fully saturated rings. The molecule has 2 aromatic carbocycles. The van der Waals surface area contributed by atoms with Crippen LogP contribution in [-0.2, 0) is 4.79 Å². The summed E-state index contributed by atoms with van der Waals surface area (Å²) < 4.78 is 5.38. The second-order valence-corrected chi connectivity index (χ2v) is 7.38. The Morgan fingerprint density at radius 1 is 1.18 bits per heavy atom. The molecule has 0 bridgehead atoms. The van der Waals surface area contributed by atoms with Gasteiger partial charge in [-0.3, -0.25) is 14.7 Å². The van der Waals surface area contributed by atoms with Crippen molar-refractivity contribution in [3.05, 3.63) is 64.1 Å². The van der Waals surface area contributed by atoms with Crippen molar-refractivity contribution < 1.29 is 14.6 Å². The molecular weight excluding hydrogens is 372 g/mol. The lowest BCUT2D eigenvalue weighted by atomic mass is 10.1. The lowest BCUT2D eigenvalue weighted by Crippen LogP contribution is -2.29. The number of carbonyl (C=O) groups is 1. The fourth-order valence-corrected chi connectivity index (χ4v) is 3.92. The van der Waals surface area contributed by atoms with Gasteiger partial charge in [0.1, 0.15) is 12.4 Å². The van der Waals surface area contributed by atoms with E-state index >= 15 is 0 Å². The number of hydrogen-bond donors (Lipinski definition) is 1. The zero-order valence-electron chi connectivity index (χ0n) is 16.3. The van der Waals surface area contributed by atoms with Crippen molar-refractivity contribution in [2.45, 2.75) is 20.8 Å². The molecule has 1 aliphatic heterocycles. The normalized spacial score (nSPS) is 17.0. The number of thioether (sulfide) groups is 1. The third kappa shape index (κ3) is 4.29. The maximum absolute atomic E-state index is 13.2. The van der Waals surface area contributed by atoms with Gasteiger partial charge in [-0.15, -0.1) is 0 Å². The molecule has 28 heavy (non-hydrogen) atoms. The molecule has 2 aromatic rings. The van der Waals surface area contributed by atoms with E-state index in [0.29, 0.717) is 22.4 Å². The quantitative estimate of drug-likeness (QED) is 0.745. The molecule has 1 saturated heterocycles. The van der Waals surface area contributed by atoms with Crippen LogP contribution in [0.15, 0.2) is 52.4 Å². The first-order valence-corrected chi connectivity index (χ1v) is 10.0. The van der Waals surface area contributed by atoms with Gasteiger partial charge in [-0.25, -0.2) is 0 Å². The van der Waals surface area contributed by atoms with Crippen LogP contribution >= 0.6 is 11.8 Å². The molecular formula is C22H24N2O3S. The summed E-state index contributed by atoms with van der Waals surface area (Å²) in [5.41, 5.74) is 4.00. The van der Waals surface area contributed by atoms with Crippen LogP contribution in [0.4, 0.5) is 5.69 Å². The molecule has 3 rings (SSSR count). The topological polar surface area (TPSA) is 62.1 Å². The van der Waals surface area contributed by atoms with E-state index in [2.05, 4.69) is 4.99 Å². The number of amidine groups is 1. The minimum Gasteiger partial charge on any atom is -0.491 e. The maximum atomic E-state index is 13.2. The third-order valence-corrected chi connectivity index (χ3v) is 5.46. The number of anilines is 1. The molecule has 146 valence electrons. The van der Waals surface area contributed by atoms with Crippen LogP contribution in [0.1, 0.15) is 23.6 Å². The number of benzene rings is 2. The average Bonchev–Trinajstić information content (AvgIpc) is 2.99. The van der Waals surface area contributed by atoms with Gasteiger partial charge in [-0.1, -0.05) is 24.3 Å². The van der Waals surface area contributed by atoms with E-state index in [1.54, 1.807) is 4.90 Å². The van der Waals surface area contributed by atoms with Gasteiger partial charge in [0.2, 0.25) is 0 Å². The number of hydrogen-bond acceptors (Lipinski definition) is 5. The van der Waals surface area contributed by atoms with Gasteiger partial charge in [0.15, 0.2) is 5.17 Å². The predicted molar refractivity (Wildman–Crippen MR) is 116 cm³/mol. The van der Waals surface area contributed by atoms with Crippen molar-refractivity contribution in [2.24, 2.45) is 4.99 Å². The molecule has 1 aliphatic rings. The Hall–Kier alpha value is -2.57. The highest BCUT2D eigenvalue weighted by Crippen LogP contribution is 2.38. The summed E-state index contributed by atoms with van der Waals surface area (Å²) in [5.74, 6) is 0.623. The van der Waals surface area contributed by atoms with Gasteiger partial charge in [0.05, 0.1) is 17.2 Å². The summed E-state index contributed by atoms with van der Waals surface area (Å²) >= 11 is 1.40. The molecule has 0 saturated carbocycles. The molecule has 6 heteroatoms. The Morgan fingerprint density at radius 3 is 2.61 bits per heavy atom. The lowest BCUT2D eigenvalue weighted by molar-refractivity contribution is -0.113. The highest BCUT2D eigenvalue weighted by molar-refractivity contribution is 8.19. The first-order chi connectivity index (χ1) is 13.5. The van der Waals surface area contributed by atoms with E-state index in [0.717, 1.165) is 22.4 Å². The first-order valence-electron chi connectivity index (χ1n) is 9.23. The smallest absolute Gasteiger partial charge is 0.271 e. The number of amides is 1. The number of aliphatic hydroxyl groups is 1. The van der Waals surface area contributed by atoms with Crippen LogP contribution in [0.5, 0.6) is 5.75 Å². The minimum absolute atomic E-state index is 0.0231. The van der Waals surface area contributed by atoms with Crippen molar-refractivity contribution in [1.29, 1.82) is 0 Å². The van der Waals surface area contributed by atoms with Crippen molar-refractivity contribution >= 4 is 34.6 Å². The van der Waals surface area contributed by atoms with Crippen molar-refractivity contribution in [2.75, 3.05) is 24.7 Å². The number of nitrogens with zero attached hydrogens (tertiary/aromatic N) is 2. The third-order valence-electron chi connectivity index (χ3n) is 4.45. The molecule has 5 nitrogen and oxygen atoms in total. The average molecular weight is 397 g/mol. The summed E-state index contributed by atoms with van der Waals surface area (Å²) in [6.07, 6.45) is 1.87. The summed E-state index contributed by atoms with van der Waals surface area (Å²) in [5, 5.41) is 9.54. The van der Waals surface area contributed by atoms with E-state index in [4.69, 9.17) is 9.84 Å². The zero-order valence-corrected chi connectivity index (χ0v) is 17.1. The van der Waals surface area contributed by atoms with Crippen molar-refractivity contribution in [3.63, 3.8) is 0 Å². The Morgan fingerprint density at radius 2 is 1.93 bits per heavy atom. The largest absolute Gasteiger partial charge is 0.491 e.